The van der Waals surface area contributed by atoms with Crippen LogP contribution < -0.4 is 4.83 Å². The van der Waals surface area contributed by atoms with Crippen LogP contribution in [0.4, 0.5) is 4.79 Å². The predicted molar refractivity (Wildman–Crippen MR) is 34.6 cm³/mol. The molecule has 4 nitrogen and oxygen atoms in total. The van der Waals surface area contributed by atoms with Gasteiger partial charge in [0, 0.05) is 0 Å². The summed E-state index contributed by atoms with van der Waals surface area (Å²) in [5.74, 6) is 0. The van der Waals surface area contributed by atoms with E-state index >= 15 is 0 Å². The van der Waals surface area contributed by atoms with Gasteiger partial charge in [-0.2, -0.15) is 4.83 Å². The third kappa shape index (κ3) is 1.62. The molecule has 1 aliphatic rings. The van der Waals surface area contributed by atoms with Crippen molar-refractivity contribution in [1.29, 1.82) is 0 Å². The van der Waals surface area contributed by atoms with Crippen LogP contribution in [-0.4, -0.2) is 22.8 Å². The highest BCUT2D eigenvalue weighted by Gasteiger charge is 2.10. The summed E-state index contributed by atoms with van der Waals surface area (Å²) in [4.78, 5) is 12.8. The van der Waals surface area contributed by atoms with Crippen LogP contribution in [0.5, 0.6) is 0 Å². The first-order valence-corrected chi connectivity index (χ1v) is 3.25. The molecule has 5 heteroatoms. The number of nitrogens with zero attached hydrogens (tertiary/aromatic N) is 1. The van der Waals surface area contributed by atoms with Gasteiger partial charge in [0.05, 0.1) is 6.54 Å². The maximum Gasteiger partial charge on any atom is 0.422 e. The quantitative estimate of drug-likeness (QED) is 0.492. The van der Waals surface area contributed by atoms with Gasteiger partial charge in [-0.3, -0.25) is 0 Å². The minimum Gasteiger partial charge on any atom is -0.464 e. The van der Waals surface area contributed by atoms with Crippen LogP contribution in [-0.2, 0) is 0 Å². The van der Waals surface area contributed by atoms with Gasteiger partial charge in [0.2, 0.25) is 0 Å². The zero-order valence-electron chi connectivity index (χ0n) is 4.57. The standard InChI is InChI=1S/C4H6N2O2S/c7-4(8)6-2-1-3-9-5-6/h1,3,5H,2H2,(H,7,8). The van der Waals surface area contributed by atoms with E-state index in [9.17, 15) is 4.79 Å². The summed E-state index contributed by atoms with van der Waals surface area (Å²) < 4.78 is 0. The van der Waals surface area contributed by atoms with E-state index in [4.69, 9.17) is 5.11 Å². The molecule has 0 aliphatic carbocycles. The Balaban J connectivity index is 2.44. The van der Waals surface area contributed by atoms with Crippen LogP contribution in [0.2, 0.25) is 0 Å². The molecule has 0 saturated heterocycles. The van der Waals surface area contributed by atoms with E-state index in [1.165, 1.54) is 11.9 Å². The second-order valence-corrected chi connectivity index (χ2v) is 2.16. The van der Waals surface area contributed by atoms with E-state index in [0.717, 1.165) is 5.01 Å². The predicted octanol–water partition coefficient (Wildman–Crippen LogP) is 0.647. The van der Waals surface area contributed by atoms with Crippen LogP contribution in [0.1, 0.15) is 0 Å². The molecule has 0 bridgehead atoms. The van der Waals surface area contributed by atoms with Gasteiger partial charge in [-0.15, -0.1) is 0 Å². The van der Waals surface area contributed by atoms with Crippen molar-refractivity contribution < 1.29 is 9.90 Å². The molecular weight excluding hydrogens is 140 g/mol. The molecule has 0 aromatic heterocycles. The number of carboxylic acid groups (broad SMARTS) is 1. The Bertz CT molecular complexity index is 148. The van der Waals surface area contributed by atoms with E-state index in [-0.39, 0.29) is 0 Å². The highest BCUT2D eigenvalue weighted by atomic mass is 32.2. The van der Waals surface area contributed by atoms with E-state index in [1.54, 1.807) is 11.5 Å². The lowest BCUT2D eigenvalue weighted by Crippen LogP contribution is -2.39. The number of nitrogens with one attached hydrogen (secondary N) is 1. The fourth-order valence-corrected chi connectivity index (χ4v) is 0.968. The average molecular weight is 146 g/mol. The first-order chi connectivity index (χ1) is 4.30. The second-order valence-electron chi connectivity index (χ2n) is 1.47. The van der Waals surface area contributed by atoms with E-state index in [0.29, 0.717) is 6.54 Å². The molecule has 0 unspecified atom stereocenters. The molecule has 1 heterocycles. The van der Waals surface area contributed by atoms with Crippen LogP contribution in [0.15, 0.2) is 11.5 Å². The summed E-state index contributed by atoms with van der Waals surface area (Å²) in [6.45, 7) is 0.419. The fourth-order valence-electron chi connectivity index (χ4n) is 0.445. The summed E-state index contributed by atoms with van der Waals surface area (Å²) in [7, 11) is 0. The molecule has 0 radical (unpaired) electrons. The maximum absolute atomic E-state index is 10.2. The third-order valence-corrected chi connectivity index (χ3v) is 1.50. The number of carbonyl (C=O) groups is 1. The molecule has 1 aliphatic heterocycles. The molecule has 0 aromatic carbocycles. The van der Waals surface area contributed by atoms with Crippen LogP contribution in [0, 0.1) is 0 Å². The van der Waals surface area contributed by atoms with E-state index in [1.807, 2.05) is 0 Å². The number of hydrogen-bond donors (Lipinski definition) is 2. The van der Waals surface area contributed by atoms with Gasteiger partial charge in [-0.25, -0.2) is 9.80 Å². The van der Waals surface area contributed by atoms with Crippen molar-refractivity contribution in [2.45, 2.75) is 0 Å². The normalized spacial score (nSPS) is 18.0. The molecule has 1 amide bonds. The first-order valence-electron chi connectivity index (χ1n) is 2.37. The lowest BCUT2D eigenvalue weighted by atomic mass is 10.6. The maximum atomic E-state index is 10.2. The lowest BCUT2D eigenvalue weighted by molar-refractivity contribution is 0.143. The zero-order valence-corrected chi connectivity index (χ0v) is 5.39. The smallest absolute Gasteiger partial charge is 0.422 e. The Kier molecular flexibility index (Phi) is 1.96. The Labute approximate surface area is 56.6 Å². The molecule has 0 fully saturated rings. The lowest BCUT2D eigenvalue weighted by Gasteiger charge is -2.18. The van der Waals surface area contributed by atoms with Crippen molar-refractivity contribution >= 4 is 18.0 Å². The summed E-state index contributed by atoms with van der Waals surface area (Å²) >= 11 is 1.25. The Morgan fingerprint density at radius 1 is 1.89 bits per heavy atom. The van der Waals surface area contributed by atoms with Crippen molar-refractivity contribution in [3.8, 4) is 0 Å². The largest absolute Gasteiger partial charge is 0.464 e. The monoisotopic (exact) mass is 146 g/mol. The number of rotatable bonds is 0. The fraction of sp³-hybridized carbons (Fsp3) is 0.250. The number of hydrazine groups is 1. The Hall–Kier alpha value is -0.680. The molecular formula is C4H6N2O2S. The highest BCUT2D eigenvalue weighted by Crippen LogP contribution is 2.03. The van der Waals surface area contributed by atoms with Crippen molar-refractivity contribution in [2.24, 2.45) is 0 Å². The number of amides is 1. The summed E-state index contributed by atoms with van der Waals surface area (Å²) in [6.07, 6.45) is 0.821. The van der Waals surface area contributed by atoms with Crippen LogP contribution in [0.3, 0.4) is 0 Å². The summed E-state index contributed by atoms with van der Waals surface area (Å²) in [5, 5.41) is 11.3. The molecule has 0 aromatic rings. The Morgan fingerprint density at radius 3 is 3.00 bits per heavy atom. The molecule has 0 spiro atoms. The third-order valence-electron chi connectivity index (χ3n) is 0.846. The summed E-state index contributed by atoms with van der Waals surface area (Å²) in [5.41, 5.74) is 0. The van der Waals surface area contributed by atoms with Crippen LogP contribution in [0.25, 0.3) is 0 Å². The SMILES string of the molecule is O=C(O)N1CC=CSN1. The van der Waals surface area contributed by atoms with E-state index in [2.05, 4.69) is 4.83 Å². The van der Waals surface area contributed by atoms with Gasteiger partial charge >= 0.3 is 6.09 Å². The minimum absolute atomic E-state index is 0.419. The topological polar surface area (TPSA) is 52.6 Å². The van der Waals surface area contributed by atoms with Crippen molar-refractivity contribution in [3.63, 3.8) is 0 Å². The molecule has 1 rings (SSSR count). The first kappa shape index (κ1) is 6.44. The van der Waals surface area contributed by atoms with Gasteiger partial charge in [-0.1, -0.05) is 6.08 Å². The molecule has 0 saturated carbocycles. The molecule has 0 atom stereocenters. The van der Waals surface area contributed by atoms with Gasteiger partial charge in [0.1, 0.15) is 0 Å². The van der Waals surface area contributed by atoms with Gasteiger partial charge in [0.25, 0.3) is 0 Å². The minimum atomic E-state index is -0.952. The molecule has 9 heavy (non-hydrogen) atoms. The molecule has 2 N–H and O–H groups in total. The second kappa shape index (κ2) is 2.75. The van der Waals surface area contributed by atoms with Crippen molar-refractivity contribution in [1.82, 2.24) is 9.84 Å². The highest BCUT2D eigenvalue weighted by molar-refractivity contribution is 8.00. The average Bonchev–Trinajstić information content (AvgIpc) is 1.90. The van der Waals surface area contributed by atoms with Crippen molar-refractivity contribution in [2.75, 3.05) is 6.54 Å². The van der Waals surface area contributed by atoms with Crippen molar-refractivity contribution in [3.05, 3.63) is 11.5 Å². The van der Waals surface area contributed by atoms with Crippen LogP contribution >= 0.6 is 11.9 Å². The molecule has 50 valence electrons. The summed E-state index contributed by atoms with van der Waals surface area (Å²) in [6, 6.07) is 0. The number of hydrogen-bond acceptors (Lipinski definition) is 3. The van der Waals surface area contributed by atoms with E-state index < -0.39 is 6.09 Å². The Morgan fingerprint density at radius 2 is 2.67 bits per heavy atom. The zero-order chi connectivity index (χ0) is 6.69. The van der Waals surface area contributed by atoms with Gasteiger partial charge in [-0.05, 0) is 17.4 Å². The van der Waals surface area contributed by atoms with Gasteiger partial charge in [0.15, 0.2) is 0 Å². The van der Waals surface area contributed by atoms with Gasteiger partial charge < -0.3 is 5.11 Å².